The average Bonchev–Trinajstić information content (AvgIpc) is 2.37. The predicted molar refractivity (Wildman–Crippen MR) is 81.2 cm³/mol. The normalized spacial score (nSPS) is 10.2. The molecular formula is C14H20ClN3O2. The van der Waals surface area contributed by atoms with Crippen molar-refractivity contribution in [2.24, 2.45) is 0 Å². The van der Waals surface area contributed by atoms with E-state index < -0.39 is 0 Å². The minimum atomic E-state index is -0.255. The quantitative estimate of drug-likeness (QED) is 0.752. The molecule has 0 saturated carbocycles. The number of nitrogens with one attached hydrogen (secondary N) is 3. The molecule has 0 atom stereocenters. The highest BCUT2D eigenvalue weighted by atomic mass is 35.5. The van der Waals surface area contributed by atoms with Crippen molar-refractivity contribution < 1.29 is 9.59 Å². The molecule has 0 aliphatic heterocycles. The maximum atomic E-state index is 12.0. The molecule has 0 radical (unpaired) electrons. The van der Waals surface area contributed by atoms with Crippen molar-refractivity contribution in [2.75, 3.05) is 18.9 Å². The number of amides is 2. The molecule has 0 fully saturated rings. The van der Waals surface area contributed by atoms with Crippen molar-refractivity contribution >= 4 is 29.1 Å². The van der Waals surface area contributed by atoms with Gasteiger partial charge in [0.05, 0.1) is 5.56 Å². The highest BCUT2D eigenvalue weighted by Gasteiger charge is 2.11. The summed E-state index contributed by atoms with van der Waals surface area (Å²) in [4.78, 5) is 23.5. The van der Waals surface area contributed by atoms with Crippen LogP contribution >= 0.6 is 11.6 Å². The molecule has 0 heterocycles. The van der Waals surface area contributed by atoms with Gasteiger partial charge in [-0.15, -0.1) is 0 Å². The van der Waals surface area contributed by atoms with E-state index >= 15 is 0 Å². The second-order valence-corrected chi connectivity index (χ2v) is 5.10. The monoisotopic (exact) mass is 297 g/mol. The fraction of sp³-hybridized carbons (Fsp3) is 0.429. The van der Waals surface area contributed by atoms with Gasteiger partial charge < -0.3 is 16.0 Å². The van der Waals surface area contributed by atoms with Crippen molar-refractivity contribution in [3.05, 3.63) is 28.8 Å². The van der Waals surface area contributed by atoms with Gasteiger partial charge in [0.1, 0.15) is 0 Å². The van der Waals surface area contributed by atoms with E-state index in [1.807, 2.05) is 13.8 Å². The van der Waals surface area contributed by atoms with Gasteiger partial charge in [-0.25, -0.2) is 0 Å². The molecule has 0 aliphatic rings. The van der Waals surface area contributed by atoms with Crippen molar-refractivity contribution in [1.29, 1.82) is 0 Å². The van der Waals surface area contributed by atoms with Crippen molar-refractivity contribution in [3.63, 3.8) is 0 Å². The van der Waals surface area contributed by atoms with E-state index in [-0.39, 0.29) is 30.8 Å². The Bertz CT molecular complexity index is 489. The predicted octanol–water partition coefficient (Wildman–Crippen LogP) is 2.03. The van der Waals surface area contributed by atoms with E-state index in [2.05, 4.69) is 16.0 Å². The van der Waals surface area contributed by atoms with Gasteiger partial charge >= 0.3 is 0 Å². The molecule has 0 bridgehead atoms. The van der Waals surface area contributed by atoms with Crippen LogP contribution in [0.4, 0.5) is 5.69 Å². The third kappa shape index (κ3) is 5.09. The lowest BCUT2D eigenvalue weighted by atomic mass is 10.1. The van der Waals surface area contributed by atoms with Gasteiger partial charge in [-0.2, -0.15) is 0 Å². The second kappa shape index (κ2) is 7.75. The van der Waals surface area contributed by atoms with Gasteiger partial charge in [-0.1, -0.05) is 11.6 Å². The minimum Gasteiger partial charge on any atom is -0.387 e. The van der Waals surface area contributed by atoms with Gasteiger partial charge in [0, 0.05) is 36.8 Å². The molecule has 1 aromatic rings. The summed E-state index contributed by atoms with van der Waals surface area (Å²) in [5, 5.41) is 8.89. The van der Waals surface area contributed by atoms with Crippen molar-refractivity contribution in [3.8, 4) is 0 Å². The van der Waals surface area contributed by atoms with Crippen LogP contribution in [-0.2, 0) is 4.79 Å². The molecule has 20 heavy (non-hydrogen) atoms. The van der Waals surface area contributed by atoms with E-state index in [1.54, 1.807) is 25.2 Å². The molecule has 1 aromatic carbocycles. The number of hydrogen-bond donors (Lipinski definition) is 3. The van der Waals surface area contributed by atoms with E-state index in [1.165, 1.54) is 0 Å². The third-order valence-corrected chi connectivity index (χ3v) is 2.82. The van der Waals surface area contributed by atoms with Crippen molar-refractivity contribution in [1.82, 2.24) is 10.6 Å². The number of rotatable bonds is 6. The lowest BCUT2D eigenvalue weighted by Gasteiger charge is -2.11. The smallest absolute Gasteiger partial charge is 0.253 e. The Morgan fingerprint density at radius 3 is 2.60 bits per heavy atom. The third-order valence-electron chi connectivity index (χ3n) is 2.58. The number of carbonyl (C=O) groups excluding carboxylic acids is 2. The zero-order valence-corrected chi connectivity index (χ0v) is 12.7. The molecule has 1 rings (SSSR count). The van der Waals surface area contributed by atoms with Crippen LogP contribution in [0.25, 0.3) is 0 Å². The number of hydrogen-bond acceptors (Lipinski definition) is 3. The Balaban J connectivity index is 2.55. The maximum absolute atomic E-state index is 12.0. The Kier molecular flexibility index (Phi) is 6.31. The molecule has 0 aromatic heterocycles. The minimum absolute atomic E-state index is 0.0831. The van der Waals surface area contributed by atoms with Crippen LogP contribution in [0.3, 0.4) is 0 Å². The average molecular weight is 298 g/mol. The van der Waals surface area contributed by atoms with Crippen LogP contribution in [0.15, 0.2) is 18.2 Å². The topological polar surface area (TPSA) is 70.2 Å². The van der Waals surface area contributed by atoms with Crippen LogP contribution < -0.4 is 16.0 Å². The molecule has 5 nitrogen and oxygen atoms in total. The first-order valence-electron chi connectivity index (χ1n) is 6.49. The first-order chi connectivity index (χ1) is 9.43. The Morgan fingerprint density at radius 2 is 2.00 bits per heavy atom. The highest BCUT2D eigenvalue weighted by Crippen LogP contribution is 2.20. The largest absolute Gasteiger partial charge is 0.387 e. The van der Waals surface area contributed by atoms with Crippen LogP contribution in [0.2, 0.25) is 5.02 Å². The SMILES string of the molecule is CNc1ccc(Cl)cc1C(=O)NCCC(=O)NC(C)C. The first kappa shape index (κ1) is 16.3. The summed E-state index contributed by atoms with van der Waals surface area (Å²) in [7, 11) is 1.73. The number of halogens is 1. The first-order valence-corrected chi connectivity index (χ1v) is 6.86. The molecule has 0 aliphatic carbocycles. The summed E-state index contributed by atoms with van der Waals surface area (Å²) >= 11 is 5.89. The van der Waals surface area contributed by atoms with Crippen LogP contribution in [0.5, 0.6) is 0 Å². The summed E-state index contributed by atoms with van der Waals surface area (Å²) < 4.78 is 0. The summed E-state index contributed by atoms with van der Waals surface area (Å²) in [6.45, 7) is 4.07. The molecule has 6 heteroatoms. The van der Waals surface area contributed by atoms with Gasteiger partial charge in [0.2, 0.25) is 5.91 Å². The summed E-state index contributed by atoms with van der Waals surface area (Å²) in [6, 6.07) is 5.14. The Hall–Kier alpha value is -1.75. The fourth-order valence-electron chi connectivity index (χ4n) is 1.70. The second-order valence-electron chi connectivity index (χ2n) is 4.67. The lowest BCUT2D eigenvalue weighted by molar-refractivity contribution is -0.121. The van der Waals surface area contributed by atoms with E-state index in [0.29, 0.717) is 16.3 Å². The van der Waals surface area contributed by atoms with Gasteiger partial charge in [0.25, 0.3) is 5.91 Å². The zero-order valence-electron chi connectivity index (χ0n) is 11.9. The zero-order chi connectivity index (χ0) is 15.1. The molecule has 0 unspecified atom stereocenters. The molecule has 0 spiro atoms. The van der Waals surface area contributed by atoms with E-state index in [4.69, 9.17) is 11.6 Å². The molecule has 2 amide bonds. The lowest BCUT2D eigenvalue weighted by Crippen LogP contribution is -2.34. The number of benzene rings is 1. The van der Waals surface area contributed by atoms with Crippen molar-refractivity contribution in [2.45, 2.75) is 26.3 Å². The van der Waals surface area contributed by atoms with Gasteiger partial charge in [-0.3, -0.25) is 9.59 Å². The van der Waals surface area contributed by atoms with E-state index in [9.17, 15) is 9.59 Å². The summed E-state index contributed by atoms with van der Waals surface area (Å²) in [6.07, 6.45) is 0.249. The molecule has 0 saturated heterocycles. The standard InChI is InChI=1S/C14H20ClN3O2/c1-9(2)18-13(19)6-7-17-14(20)11-8-10(15)4-5-12(11)16-3/h4-5,8-9,16H,6-7H2,1-3H3,(H,17,20)(H,18,19). The molecular weight excluding hydrogens is 278 g/mol. The fourth-order valence-corrected chi connectivity index (χ4v) is 1.87. The highest BCUT2D eigenvalue weighted by molar-refractivity contribution is 6.31. The van der Waals surface area contributed by atoms with Crippen LogP contribution in [-0.4, -0.2) is 31.4 Å². The Morgan fingerprint density at radius 1 is 1.30 bits per heavy atom. The Labute approximate surface area is 124 Å². The number of anilines is 1. The molecule has 3 N–H and O–H groups in total. The van der Waals surface area contributed by atoms with Gasteiger partial charge in [-0.05, 0) is 32.0 Å². The summed E-state index contributed by atoms with van der Waals surface area (Å²) in [5.41, 5.74) is 1.16. The summed E-state index contributed by atoms with van der Waals surface area (Å²) in [5.74, 6) is -0.338. The van der Waals surface area contributed by atoms with Gasteiger partial charge in [0.15, 0.2) is 0 Å². The van der Waals surface area contributed by atoms with Crippen LogP contribution in [0, 0.1) is 0 Å². The number of carbonyl (C=O) groups is 2. The maximum Gasteiger partial charge on any atom is 0.253 e. The van der Waals surface area contributed by atoms with Crippen LogP contribution in [0.1, 0.15) is 30.6 Å². The van der Waals surface area contributed by atoms with E-state index in [0.717, 1.165) is 0 Å². The molecule has 110 valence electrons.